The van der Waals surface area contributed by atoms with E-state index in [0.29, 0.717) is 18.7 Å². The lowest BCUT2D eigenvalue weighted by Crippen LogP contribution is -2.37. The van der Waals surface area contributed by atoms with Gasteiger partial charge in [0.15, 0.2) is 0 Å². The van der Waals surface area contributed by atoms with Crippen molar-refractivity contribution in [3.8, 4) is 0 Å². The number of esters is 1. The molecule has 114 valence electrons. The molecule has 2 rings (SSSR count). The predicted octanol–water partition coefficient (Wildman–Crippen LogP) is 3.25. The van der Waals surface area contributed by atoms with Crippen molar-refractivity contribution in [1.29, 1.82) is 0 Å². The van der Waals surface area contributed by atoms with Gasteiger partial charge in [0.2, 0.25) is 0 Å². The van der Waals surface area contributed by atoms with Crippen molar-refractivity contribution in [3.05, 3.63) is 28.0 Å². The molecule has 1 aromatic heterocycles. The lowest BCUT2D eigenvalue weighted by atomic mass is 9.88. The summed E-state index contributed by atoms with van der Waals surface area (Å²) in [6.45, 7) is 7.14. The summed E-state index contributed by atoms with van der Waals surface area (Å²) < 4.78 is 4.76. The lowest BCUT2D eigenvalue weighted by Gasteiger charge is -2.31. The molecule has 21 heavy (non-hydrogen) atoms. The fourth-order valence-corrected chi connectivity index (χ4v) is 3.76. The number of hydrogen-bond acceptors (Lipinski definition) is 4. The van der Waals surface area contributed by atoms with Crippen LogP contribution in [0.3, 0.4) is 0 Å². The standard InChI is InChI=1S/C15H19NO4S/c1-9(11-4-6-16(7-5-11)15(18)19)13-10(2)12(8-21-13)14(17)20-3/h8,11H,1,4-7H2,2-3H3,(H,18,19). The van der Waals surface area contributed by atoms with E-state index in [1.807, 2.05) is 6.92 Å². The maximum Gasteiger partial charge on any atom is 0.407 e. The molecule has 1 saturated heterocycles. The number of nitrogens with zero attached hydrogens (tertiary/aromatic N) is 1. The maximum absolute atomic E-state index is 11.6. The Morgan fingerprint density at radius 3 is 2.57 bits per heavy atom. The molecule has 0 saturated carbocycles. The van der Waals surface area contributed by atoms with Crippen molar-refractivity contribution in [2.75, 3.05) is 20.2 Å². The quantitative estimate of drug-likeness (QED) is 0.870. The fraction of sp³-hybridized carbons (Fsp3) is 0.467. The highest BCUT2D eigenvalue weighted by Gasteiger charge is 2.26. The molecule has 6 heteroatoms. The molecule has 0 aliphatic carbocycles. The van der Waals surface area contributed by atoms with Gasteiger partial charge in [-0.3, -0.25) is 0 Å². The van der Waals surface area contributed by atoms with Gasteiger partial charge in [-0.1, -0.05) is 6.58 Å². The molecule has 0 radical (unpaired) electrons. The van der Waals surface area contributed by atoms with Crippen LogP contribution in [-0.4, -0.2) is 42.3 Å². The third-order valence-corrected chi connectivity index (χ3v) is 5.15. The van der Waals surface area contributed by atoms with Gasteiger partial charge in [0.1, 0.15) is 0 Å². The predicted molar refractivity (Wildman–Crippen MR) is 81.8 cm³/mol. The van der Waals surface area contributed by atoms with Crippen LogP contribution in [0.15, 0.2) is 12.0 Å². The summed E-state index contributed by atoms with van der Waals surface area (Å²) in [7, 11) is 1.37. The number of likely N-dealkylation sites (tertiary alicyclic amines) is 1. The van der Waals surface area contributed by atoms with E-state index < -0.39 is 6.09 Å². The Labute approximate surface area is 127 Å². The fourth-order valence-electron chi connectivity index (χ4n) is 2.65. The molecular formula is C15H19NO4S. The van der Waals surface area contributed by atoms with Crippen LogP contribution in [0.5, 0.6) is 0 Å². The third kappa shape index (κ3) is 3.10. The zero-order valence-electron chi connectivity index (χ0n) is 12.2. The Bertz CT molecular complexity index is 570. The van der Waals surface area contributed by atoms with Crippen LogP contribution in [0.4, 0.5) is 4.79 Å². The van der Waals surface area contributed by atoms with Crippen LogP contribution in [0, 0.1) is 12.8 Å². The number of carbonyl (C=O) groups excluding carboxylic acids is 1. The summed E-state index contributed by atoms with van der Waals surface area (Å²) >= 11 is 1.50. The van der Waals surface area contributed by atoms with Gasteiger partial charge in [-0.2, -0.15) is 0 Å². The van der Waals surface area contributed by atoms with E-state index in [-0.39, 0.29) is 11.9 Å². The van der Waals surface area contributed by atoms with E-state index in [1.165, 1.54) is 23.3 Å². The molecule has 5 nitrogen and oxygen atoms in total. The molecule has 0 atom stereocenters. The molecule has 1 aromatic rings. The zero-order chi connectivity index (χ0) is 15.6. The molecule has 2 heterocycles. The van der Waals surface area contributed by atoms with Gasteiger partial charge >= 0.3 is 12.1 Å². The van der Waals surface area contributed by atoms with Crippen molar-refractivity contribution >= 4 is 29.0 Å². The van der Waals surface area contributed by atoms with Crippen LogP contribution in [0.25, 0.3) is 5.57 Å². The Hall–Kier alpha value is -1.82. The van der Waals surface area contributed by atoms with E-state index in [4.69, 9.17) is 9.84 Å². The van der Waals surface area contributed by atoms with Crippen molar-refractivity contribution in [1.82, 2.24) is 4.90 Å². The topological polar surface area (TPSA) is 66.8 Å². The van der Waals surface area contributed by atoms with Gasteiger partial charge in [-0.25, -0.2) is 9.59 Å². The zero-order valence-corrected chi connectivity index (χ0v) is 13.0. The highest BCUT2D eigenvalue weighted by Crippen LogP contribution is 2.36. The summed E-state index contributed by atoms with van der Waals surface area (Å²) in [6, 6.07) is 0. The molecular weight excluding hydrogens is 290 g/mol. The number of allylic oxidation sites excluding steroid dienone is 1. The smallest absolute Gasteiger partial charge is 0.407 e. The van der Waals surface area contributed by atoms with Crippen LogP contribution in [0.2, 0.25) is 0 Å². The van der Waals surface area contributed by atoms with Crippen molar-refractivity contribution < 1.29 is 19.4 Å². The van der Waals surface area contributed by atoms with Crippen LogP contribution in [0.1, 0.15) is 33.6 Å². The number of carboxylic acid groups (broad SMARTS) is 1. The summed E-state index contributed by atoms with van der Waals surface area (Å²) in [4.78, 5) is 25.0. The third-order valence-electron chi connectivity index (χ3n) is 3.99. The number of hydrogen-bond donors (Lipinski definition) is 1. The number of piperidine rings is 1. The van der Waals surface area contributed by atoms with Gasteiger partial charge < -0.3 is 14.7 Å². The summed E-state index contributed by atoms with van der Waals surface area (Å²) in [5.41, 5.74) is 2.48. The van der Waals surface area contributed by atoms with Gasteiger partial charge in [-0.05, 0) is 36.8 Å². The SMILES string of the molecule is C=C(c1scc(C(=O)OC)c1C)C1CCN(C(=O)O)CC1. The van der Waals surface area contributed by atoms with Crippen LogP contribution < -0.4 is 0 Å². The Morgan fingerprint density at radius 2 is 2.05 bits per heavy atom. The molecule has 1 aliphatic rings. The van der Waals surface area contributed by atoms with Gasteiger partial charge in [0.25, 0.3) is 0 Å². The maximum atomic E-state index is 11.6. The average molecular weight is 309 g/mol. The van der Waals surface area contributed by atoms with Gasteiger partial charge in [0, 0.05) is 23.3 Å². The number of thiophene rings is 1. The van der Waals surface area contributed by atoms with E-state index in [2.05, 4.69) is 6.58 Å². The second-order valence-electron chi connectivity index (χ2n) is 5.16. The summed E-state index contributed by atoms with van der Waals surface area (Å²) in [6.07, 6.45) is 0.686. The molecule has 0 aromatic carbocycles. The van der Waals surface area contributed by atoms with Crippen molar-refractivity contribution in [2.45, 2.75) is 19.8 Å². The highest BCUT2D eigenvalue weighted by molar-refractivity contribution is 7.11. The Kier molecular flexibility index (Phi) is 4.67. The highest BCUT2D eigenvalue weighted by atomic mass is 32.1. The van der Waals surface area contributed by atoms with Crippen molar-refractivity contribution in [3.63, 3.8) is 0 Å². The first-order valence-electron chi connectivity index (χ1n) is 6.79. The molecule has 1 amide bonds. The number of amides is 1. The first-order valence-corrected chi connectivity index (χ1v) is 7.67. The second-order valence-corrected chi connectivity index (χ2v) is 6.04. The molecule has 0 unspecified atom stereocenters. The van der Waals surface area contributed by atoms with Crippen LogP contribution in [-0.2, 0) is 4.74 Å². The minimum Gasteiger partial charge on any atom is -0.465 e. The number of ether oxygens (including phenoxy) is 1. The van der Waals surface area contributed by atoms with Gasteiger partial charge in [0.05, 0.1) is 12.7 Å². The molecule has 0 bridgehead atoms. The lowest BCUT2D eigenvalue weighted by molar-refractivity contribution is 0.0600. The van der Waals surface area contributed by atoms with E-state index in [9.17, 15) is 9.59 Å². The molecule has 1 N–H and O–H groups in total. The largest absolute Gasteiger partial charge is 0.465 e. The second kappa shape index (κ2) is 6.30. The first kappa shape index (κ1) is 15.6. The minimum atomic E-state index is -0.862. The Morgan fingerprint density at radius 1 is 1.43 bits per heavy atom. The Balaban J connectivity index is 2.10. The summed E-state index contributed by atoms with van der Waals surface area (Å²) in [5.74, 6) is -0.0630. The average Bonchev–Trinajstić information content (AvgIpc) is 2.87. The summed E-state index contributed by atoms with van der Waals surface area (Å²) in [5, 5.41) is 10.8. The number of rotatable bonds is 3. The van der Waals surface area contributed by atoms with E-state index in [0.717, 1.165) is 28.9 Å². The van der Waals surface area contributed by atoms with E-state index in [1.54, 1.807) is 5.38 Å². The van der Waals surface area contributed by atoms with Crippen LogP contribution >= 0.6 is 11.3 Å². The molecule has 0 spiro atoms. The minimum absolute atomic E-state index is 0.267. The number of carbonyl (C=O) groups is 2. The first-order chi connectivity index (χ1) is 9.95. The molecule has 1 aliphatic heterocycles. The number of methoxy groups -OCH3 is 1. The monoisotopic (exact) mass is 309 g/mol. The van der Waals surface area contributed by atoms with Gasteiger partial charge in [-0.15, -0.1) is 11.3 Å². The molecule has 1 fully saturated rings. The van der Waals surface area contributed by atoms with Crippen molar-refractivity contribution in [2.24, 2.45) is 5.92 Å². The normalized spacial score (nSPS) is 15.8. The van der Waals surface area contributed by atoms with E-state index >= 15 is 0 Å².